The zero-order chi connectivity index (χ0) is 20.5. The van der Waals surface area contributed by atoms with Gasteiger partial charge in [0.15, 0.2) is 0 Å². The van der Waals surface area contributed by atoms with Crippen LogP contribution in [0.4, 0.5) is 4.39 Å². The molecular weight excluding hydrogens is 415 g/mol. The highest BCUT2D eigenvalue weighted by Gasteiger charge is 2.25. The Morgan fingerprint density at radius 1 is 1.11 bits per heavy atom. The highest BCUT2D eigenvalue weighted by atomic mass is 32.2. The van der Waals surface area contributed by atoms with Crippen LogP contribution in [0.3, 0.4) is 0 Å². The Morgan fingerprint density at radius 3 is 2.39 bits per heavy atom. The molecule has 0 saturated carbocycles. The molecule has 0 atom stereocenters. The van der Waals surface area contributed by atoms with E-state index in [4.69, 9.17) is 0 Å². The monoisotopic (exact) mass is 438 g/mol. The van der Waals surface area contributed by atoms with E-state index in [-0.39, 0.29) is 4.90 Å². The van der Waals surface area contributed by atoms with Gasteiger partial charge in [0.2, 0.25) is 0 Å². The molecule has 3 aromatic rings. The third-order valence-electron chi connectivity index (χ3n) is 4.44. The number of thioether (sulfide) groups is 2. The first-order valence-corrected chi connectivity index (χ1v) is 12.4. The lowest BCUT2D eigenvalue weighted by Crippen LogP contribution is -2.15. The maximum Gasteiger partial charge on any atom is 0.268 e. The van der Waals surface area contributed by atoms with Gasteiger partial charge < -0.3 is 4.90 Å². The molecule has 0 fully saturated rings. The van der Waals surface area contributed by atoms with E-state index in [1.807, 2.05) is 45.5 Å². The summed E-state index contributed by atoms with van der Waals surface area (Å²) in [4.78, 5) is 4.23. The minimum absolute atomic E-state index is 0.0766. The van der Waals surface area contributed by atoms with Crippen LogP contribution >= 0.6 is 23.5 Å². The van der Waals surface area contributed by atoms with Crippen LogP contribution in [0.5, 0.6) is 0 Å². The Bertz CT molecular complexity index is 1090. The van der Waals surface area contributed by atoms with Crippen LogP contribution in [0.1, 0.15) is 5.69 Å². The summed E-state index contributed by atoms with van der Waals surface area (Å²) in [5.41, 5.74) is 1.33. The first-order valence-electron chi connectivity index (χ1n) is 8.73. The molecule has 150 valence electrons. The van der Waals surface area contributed by atoms with Crippen molar-refractivity contribution in [2.75, 3.05) is 32.6 Å². The van der Waals surface area contributed by atoms with Gasteiger partial charge in [-0.2, -0.15) is 0 Å². The van der Waals surface area contributed by atoms with Crippen LogP contribution in [-0.2, 0) is 10.0 Å². The molecule has 8 heteroatoms. The number of rotatable bonds is 7. The van der Waals surface area contributed by atoms with Crippen molar-refractivity contribution in [2.24, 2.45) is 0 Å². The topological polar surface area (TPSA) is 42.3 Å². The van der Waals surface area contributed by atoms with Crippen LogP contribution in [-0.4, -0.2) is 49.9 Å². The summed E-state index contributed by atoms with van der Waals surface area (Å²) in [6.07, 6.45) is 2.00. The molecule has 28 heavy (non-hydrogen) atoms. The average Bonchev–Trinajstić information content (AvgIpc) is 2.93. The van der Waals surface area contributed by atoms with Gasteiger partial charge in [-0.15, -0.1) is 23.5 Å². The van der Waals surface area contributed by atoms with E-state index < -0.39 is 15.8 Å². The maximum absolute atomic E-state index is 13.3. The number of aromatic nitrogens is 1. The molecule has 2 aromatic carbocycles. The fourth-order valence-electron chi connectivity index (χ4n) is 3.00. The lowest BCUT2D eigenvalue weighted by atomic mass is 10.2. The second kappa shape index (κ2) is 8.49. The minimum Gasteiger partial charge on any atom is -0.309 e. The lowest BCUT2D eigenvalue weighted by molar-refractivity contribution is 0.437. The Labute approximate surface area is 174 Å². The average molecular weight is 439 g/mol. The van der Waals surface area contributed by atoms with Gasteiger partial charge >= 0.3 is 0 Å². The smallest absolute Gasteiger partial charge is 0.268 e. The highest BCUT2D eigenvalue weighted by Crippen LogP contribution is 2.38. The van der Waals surface area contributed by atoms with E-state index in [0.717, 1.165) is 27.5 Å². The Hall–Kier alpha value is -1.48. The fraction of sp³-hybridized carbons (Fsp3) is 0.300. The van der Waals surface area contributed by atoms with Crippen LogP contribution in [0.15, 0.2) is 57.2 Å². The number of nitrogens with zero attached hydrogens (tertiary/aromatic N) is 2. The van der Waals surface area contributed by atoms with Crippen molar-refractivity contribution in [1.29, 1.82) is 0 Å². The van der Waals surface area contributed by atoms with Gasteiger partial charge in [0.05, 0.1) is 10.4 Å². The largest absolute Gasteiger partial charge is 0.309 e. The number of hydrogen-bond donors (Lipinski definition) is 0. The fourth-order valence-corrected chi connectivity index (χ4v) is 6.34. The van der Waals surface area contributed by atoms with Crippen molar-refractivity contribution in [2.45, 2.75) is 21.6 Å². The molecule has 0 saturated heterocycles. The number of benzene rings is 2. The van der Waals surface area contributed by atoms with Gasteiger partial charge in [-0.25, -0.2) is 16.8 Å². The van der Waals surface area contributed by atoms with Crippen molar-refractivity contribution in [3.63, 3.8) is 0 Å². The molecule has 0 amide bonds. The van der Waals surface area contributed by atoms with Crippen molar-refractivity contribution in [3.05, 3.63) is 54.0 Å². The molecule has 1 heterocycles. The van der Waals surface area contributed by atoms with Gasteiger partial charge in [-0.1, -0.05) is 0 Å². The van der Waals surface area contributed by atoms with Crippen molar-refractivity contribution in [1.82, 2.24) is 8.87 Å². The second-order valence-corrected chi connectivity index (χ2v) is 10.4. The third kappa shape index (κ3) is 4.10. The van der Waals surface area contributed by atoms with Gasteiger partial charge in [-0.3, -0.25) is 0 Å². The molecule has 0 N–H and O–H groups in total. The van der Waals surface area contributed by atoms with Crippen LogP contribution in [0.2, 0.25) is 0 Å². The summed E-state index contributed by atoms with van der Waals surface area (Å²) in [5, 5.41) is 0.929. The van der Waals surface area contributed by atoms with E-state index in [1.165, 1.54) is 28.2 Å². The van der Waals surface area contributed by atoms with Crippen molar-refractivity contribution >= 4 is 44.4 Å². The molecule has 0 aliphatic carbocycles. The normalized spacial score (nSPS) is 12.2. The summed E-state index contributed by atoms with van der Waals surface area (Å²) in [6, 6.07) is 10.8. The predicted molar refractivity (Wildman–Crippen MR) is 117 cm³/mol. The summed E-state index contributed by atoms with van der Waals surface area (Å²) in [7, 11) is 0.197. The number of fused-ring (bicyclic) bond motifs is 1. The van der Waals surface area contributed by atoms with E-state index in [0.29, 0.717) is 11.2 Å². The van der Waals surface area contributed by atoms with Gasteiger partial charge in [0, 0.05) is 33.2 Å². The third-order valence-corrected chi connectivity index (χ3v) is 8.17. The molecule has 0 radical (unpaired) electrons. The van der Waals surface area contributed by atoms with Crippen molar-refractivity contribution < 1.29 is 12.8 Å². The Kier molecular flexibility index (Phi) is 6.44. The zero-order valence-electron chi connectivity index (χ0n) is 16.3. The molecule has 1 aromatic heterocycles. The molecule has 0 aliphatic rings. The highest BCUT2D eigenvalue weighted by molar-refractivity contribution is 7.99. The van der Waals surface area contributed by atoms with Crippen molar-refractivity contribution in [3.8, 4) is 0 Å². The zero-order valence-corrected chi connectivity index (χ0v) is 18.7. The molecular formula is C20H23FN2O2S3. The Morgan fingerprint density at radius 2 is 1.79 bits per heavy atom. The standard InChI is InChI=1S/C20H23FN2O2S3/c1-14-20(27-12-11-22(2)3)18-13-16(26-4)7-10-19(18)23(14)28(24,25)17-8-5-15(21)6-9-17/h5-10,13H,11-12H2,1-4H3. The predicted octanol–water partition coefficient (Wildman–Crippen LogP) is 4.70. The lowest BCUT2D eigenvalue weighted by Gasteiger charge is -2.11. The SMILES string of the molecule is CSc1ccc2c(c1)c(SCCN(C)C)c(C)n2S(=O)(=O)c1ccc(F)cc1. The maximum atomic E-state index is 13.3. The van der Waals surface area contributed by atoms with Crippen LogP contribution in [0.25, 0.3) is 10.9 Å². The second-order valence-electron chi connectivity index (χ2n) is 6.67. The molecule has 4 nitrogen and oxygen atoms in total. The quantitative estimate of drug-likeness (QED) is 0.500. The van der Waals surface area contributed by atoms with Crippen LogP contribution < -0.4 is 0 Å². The summed E-state index contributed by atoms with van der Waals surface area (Å²) in [6.45, 7) is 2.72. The van der Waals surface area contributed by atoms with Gasteiger partial charge in [0.1, 0.15) is 5.82 Å². The summed E-state index contributed by atoms with van der Waals surface area (Å²) in [5.74, 6) is 0.394. The van der Waals surface area contributed by atoms with Crippen LogP contribution in [0, 0.1) is 12.7 Å². The van der Waals surface area contributed by atoms with E-state index in [1.54, 1.807) is 23.5 Å². The number of hydrogen-bond acceptors (Lipinski definition) is 5. The van der Waals surface area contributed by atoms with Gasteiger partial charge in [0.25, 0.3) is 10.0 Å². The van der Waals surface area contributed by atoms with E-state index in [2.05, 4.69) is 4.90 Å². The molecule has 0 spiro atoms. The van der Waals surface area contributed by atoms with E-state index >= 15 is 0 Å². The summed E-state index contributed by atoms with van der Waals surface area (Å²) < 4.78 is 41.4. The minimum atomic E-state index is -3.83. The molecule has 0 bridgehead atoms. The Balaban J connectivity index is 2.19. The first-order chi connectivity index (χ1) is 13.3. The molecule has 3 rings (SSSR count). The molecule has 0 aliphatic heterocycles. The van der Waals surface area contributed by atoms with E-state index in [9.17, 15) is 12.8 Å². The number of halogens is 1. The first kappa shape index (κ1) is 21.2. The summed E-state index contributed by atoms with van der Waals surface area (Å²) >= 11 is 3.29. The molecule has 0 unspecified atom stereocenters. The van der Waals surface area contributed by atoms with Gasteiger partial charge in [-0.05, 0) is 69.7 Å².